The van der Waals surface area contributed by atoms with Crippen molar-refractivity contribution in [2.24, 2.45) is 0 Å². The van der Waals surface area contributed by atoms with Gasteiger partial charge >= 0.3 is 19.8 Å². The van der Waals surface area contributed by atoms with E-state index < -0.39 is 51.8 Å². The van der Waals surface area contributed by atoms with Crippen LogP contribution in [-0.2, 0) is 32.7 Å². The fraction of sp³-hybridized carbons (Fsp3) is 0.769. The summed E-state index contributed by atoms with van der Waals surface area (Å²) in [5.74, 6) is -1.03. The summed E-state index contributed by atoms with van der Waals surface area (Å²) in [4.78, 5) is 35.1. The molecule has 11 heteroatoms. The van der Waals surface area contributed by atoms with E-state index in [1.165, 1.54) is 135 Å². The van der Waals surface area contributed by atoms with E-state index >= 15 is 0 Å². The van der Waals surface area contributed by atoms with Crippen molar-refractivity contribution < 1.29 is 47.8 Å². The van der Waals surface area contributed by atoms with Crippen LogP contribution in [0.2, 0.25) is 0 Å². The summed E-state index contributed by atoms with van der Waals surface area (Å²) >= 11 is 0. The maximum absolute atomic E-state index is 12.7. The van der Waals surface area contributed by atoms with Crippen molar-refractivity contribution in [3.8, 4) is 0 Å². The van der Waals surface area contributed by atoms with Gasteiger partial charge in [-0.2, -0.15) is 0 Å². The smallest absolute Gasteiger partial charge is 0.462 e. The Bertz CT molecular complexity index is 1230. The van der Waals surface area contributed by atoms with E-state index in [2.05, 4.69) is 68.5 Å². The van der Waals surface area contributed by atoms with Gasteiger partial charge in [-0.15, -0.1) is 0 Å². The lowest BCUT2D eigenvalue weighted by Crippen LogP contribution is -2.29. The quantitative estimate of drug-likeness (QED) is 0.0233. The Hall–Kier alpha value is -2.33. The SMILES string of the molecule is CCCCC/C=C/C/C=C/C/C=C/C/C=C/CCCC(=O)OC[C@H](COP(=O)(O)OC[C@@H](O)CO)OC(=O)CCC/C=C/CCCCCCCCCCCCCCCCCCCC. The molecular weight excluding hydrogens is 816 g/mol. The summed E-state index contributed by atoms with van der Waals surface area (Å²) in [7, 11) is -4.64. The van der Waals surface area contributed by atoms with E-state index in [9.17, 15) is 24.2 Å². The van der Waals surface area contributed by atoms with E-state index in [1.807, 2.05) is 6.08 Å². The first-order valence-electron chi connectivity index (χ1n) is 25.2. The number of aliphatic hydroxyl groups excluding tert-OH is 2. The summed E-state index contributed by atoms with van der Waals surface area (Å²) in [5, 5.41) is 18.4. The lowest BCUT2D eigenvalue weighted by atomic mass is 10.0. The van der Waals surface area contributed by atoms with Crippen LogP contribution in [0.1, 0.15) is 219 Å². The molecule has 0 rings (SSSR count). The van der Waals surface area contributed by atoms with Gasteiger partial charge in [0.2, 0.25) is 0 Å². The van der Waals surface area contributed by atoms with E-state index in [1.54, 1.807) is 0 Å². The van der Waals surface area contributed by atoms with Crippen LogP contribution in [-0.4, -0.2) is 65.7 Å². The molecule has 0 heterocycles. The highest BCUT2D eigenvalue weighted by Gasteiger charge is 2.27. The van der Waals surface area contributed by atoms with Gasteiger partial charge in [-0.05, 0) is 70.6 Å². The molecule has 63 heavy (non-hydrogen) atoms. The summed E-state index contributed by atoms with van der Waals surface area (Å²) in [5.41, 5.74) is 0. The molecule has 1 unspecified atom stereocenters. The standard InChI is InChI=1S/C52H93O10P/c1-3-5-7-9-11-13-15-17-19-21-22-23-24-25-26-28-30-32-34-36-38-40-42-44-52(56)62-50(48-61-63(57,58)60-46-49(54)45-53)47-59-51(55)43-41-39-37-35-33-31-29-27-20-18-16-14-12-10-8-6-4-2/h12,14,18,20,29,31,35-38,49-50,53-54H,3-11,13,15-17,19,21-28,30,32-34,39-48H2,1-2H3,(H,57,58)/b14-12+,20-18+,31-29+,37-35+,38-36+/t49-,50+/m0/s1. The predicted molar refractivity (Wildman–Crippen MR) is 260 cm³/mol. The minimum atomic E-state index is -4.64. The number of unbranched alkanes of at least 4 members (excludes halogenated alkanes) is 23. The van der Waals surface area contributed by atoms with Crippen LogP contribution in [0.5, 0.6) is 0 Å². The Labute approximate surface area is 385 Å². The predicted octanol–water partition coefficient (Wildman–Crippen LogP) is 14.2. The first-order chi connectivity index (χ1) is 30.7. The monoisotopic (exact) mass is 909 g/mol. The number of ether oxygens (including phenoxy) is 2. The maximum Gasteiger partial charge on any atom is 0.472 e. The van der Waals surface area contributed by atoms with Gasteiger partial charge in [-0.3, -0.25) is 18.6 Å². The van der Waals surface area contributed by atoms with Crippen molar-refractivity contribution in [2.75, 3.05) is 26.4 Å². The number of carbonyl (C=O) groups is 2. The zero-order chi connectivity index (χ0) is 46.2. The van der Waals surface area contributed by atoms with Gasteiger partial charge in [0.25, 0.3) is 0 Å². The van der Waals surface area contributed by atoms with E-state index in [0.717, 1.165) is 38.5 Å². The highest BCUT2D eigenvalue weighted by molar-refractivity contribution is 7.47. The molecular formula is C52H93O10P. The van der Waals surface area contributed by atoms with Crippen molar-refractivity contribution in [3.05, 3.63) is 60.8 Å². The molecule has 0 amide bonds. The molecule has 0 bridgehead atoms. The third-order valence-corrected chi connectivity index (χ3v) is 11.6. The van der Waals surface area contributed by atoms with Crippen LogP contribution >= 0.6 is 7.82 Å². The average Bonchev–Trinajstić information content (AvgIpc) is 3.27. The minimum Gasteiger partial charge on any atom is -0.462 e. The Morgan fingerprint density at radius 2 is 0.825 bits per heavy atom. The second kappa shape index (κ2) is 47.6. The number of hydrogen-bond donors (Lipinski definition) is 3. The van der Waals surface area contributed by atoms with E-state index in [4.69, 9.17) is 23.6 Å². The second-order valence-electron chi connectivity index (χ2n) is 16.8. The molecule has 0 aliphatic heterocycles. The Morgan fingerprint density at radius 1 is 0.476 bits per heavy atom. The Kier molecular flexibility index (Phi) is 45.9. The fourth-order valence-corrected chi connectivity index (χ4v) is 7.55. The van der Waals surface area contributed by atoms with Crippen molar-refractivity contribution in [3.63, 3.8) is 0 Å². The first kappa shape index (κ1) is 60.7. The van der Waals surface area contributed by atoms with Crippen LogP contribution in [0.15, 0.2) is 60.8 Å². The van der Waals surface area contributed by atoms with E-state index in [-0.39, 0.29) is 19.4 Å². The molecule has 366 valence electrons. The largest absolute Gasteiger partial charge is 0.472 e. The lowest BCUT2D eigenvalue weighted by Gasteiger charge is -2.20. The number of rotatable bonds is 47. The zero-order valence-corrected chi connectivity index (χ0v) is 40.9. The number of esters is 2. The summed E-state index contributed by atoms with van der Waals surface area (Å²) < 4.78 is 32.7. The van der Waals surface area contributed by atoms with Crippen LogP contribution in [0.3, 0.4) is 0 Å². The summed E-state index contributed by atoms with van der Waals surface area (Å²) in [6, 6.07) is 0. The van der Waals surface area contributed by atoms with E-state index in [0.29, 0.717) is 19.3 Å². The molecule has 0 fully saturated rings. The molecule has 0 saturated carbocycles. The molecule has 0 aromatic heterocycles. The maximum atomic E-state index is 12.7. The average molecular weight is 909 g/mol. The highest BCUT2D eigenvalue weighted by atomic mass is 31.2. The third kappa shape index (κ3) is 47.5. The van der Waals surface area contributed by atoms with Crippen LogP contribution in [0.4, 0.5) is 0 Å². The molecule has 0 aliphatic carbocycles. The van der Waals surface area contributed by atoms with Gasteiger partial charge in [0.1, 0.15) is 12.7 Å². The normalized spacial score (nSPS) is 14.2. The topological polar surface area (TPSA) is 149 Å². The number of phosphoric ester groups is 1. The highest BCUT2D eigenvalue weighted by Crippen LogP contribution is 2.43. The molecule has 0 saturated heterocycles. The van der Waals surface area contributed by atoms with Gasteiger partial charge in [-0.25, -0.2) is 4.57 Å². The Morgan fingerprint density at radius 3 is 1.29 bits per heavy atom. The first-order valence-corrected chi connectivity index (χ1v) is 26.7. The summed E-state index contributed by atoms with van der Waals surface area (Å²) in [6.07, 6.45) is 55.0. The van der Waals surface area contributed by atoms with Gasteiger partial charge in [0, 0.05) is 12.8 Å². The molecule has 0 aromatic carbocycles. The van der Waals surface area contributed by atoms with Crippen LogP contribution in [0.25, 0.3) is 0 Å². The molecule has 10 nitrogen and oxygen atoms in total. The van der Waals surface area contributed by atoms with Crippen molar-refractivity contribution in [1.82, 2.24) is 0 Å². The molecule has 0 radical (unpaired) electrons. The van der Waals surface area contributed by atoms with Gasteiger partial charge in [0.15, 0.2) is 6.10 Å². The third-order valence-electron chi connectivity index (χ3n) is 10.6. The van der Waals surface area contributed by atoms with Gasteiger partial charge in [-0.1, -0.05) is 197 Å². The summed E-state index contributed by atoms with van der Waals surface area (Å²) in [6.45, 7) is 2.29. The van der Waals surface area contributed by atoms with Gasteiger partial charge < -0.3 is 24.6 Å². The Balaban J connectivity index is 4.27. The molecule has 0 spiro atoms. The molecule has 0 aliphatic rings. The fourth-order valence-electron chi connectivity index (χ4n) is 6.76. The zero-order valence-electron chi connectivity index (χ0n) is 40.0. The number of hydrogen-bond acceptors (Lipinski definition) is 9. The number of aliphatic hydroxyl groups is 2. The molecule has 3 atom stereocenters. The lowest BCUT2D eigenvalue weighted by molar-refractivity contribution is -0.161. The van der Waals surface area contributed by atoms with Crippen molar-refractivity contribution >= 4 is 19.8 Å². The van der Waals surface area contributed by atoms with Gasteiger partial charge in [0.05, 0.1) is 19.8 Å². The number of carbonyl (C=O) groups excluding carboxylic acids is 2. The molecule has 3 N–H and O–H groups in total. The minimum absolute atomic E-state index is 0.124. The second-order valence-corrected chi connectivity index (χ2v) is 18.3. The molecule has 0 aromatic rings. The van der Waals surface area contributed by atoms with Crippen molar-refractivity contribution in [2.45, 2.75) is 232 Å². The van der Waals surface area contributed by atoms with Crippen molar-refractivity contribution in [1.29, 1.82) is 0 Å². The number of phosphoric acid groups is 1. The number of allylic oxidation sites excluding steroid dienone is 10. The van der Waals surface area contributed by atoms with Crippen LogP contribution < -0.4 is 0 Å². The van der Waals surface area contributed by atoms with Crippen LogP contribution in [0, 0.1) is 0 Å².